The Labute approximate surface area is 92.9 Å². The maximum atomic E-state index is 5.29. The fourth-order valence-corrected chi connectivity index (χ4v) is 1.35. The summed E-state index contributed by atoms with van der Waals surface area (Å²) in [6.07, 6.45) is 5.29. The van der Waals surface area contributed by atoms with E-state index in [1.165, 1.54) is 11.1 Å². The number of hydrogen-bond acceptors (Lipinski definition) is 1. The molecule has 1 unspecified atom stereocenters. The van der Waals surface area contributed by atoms with Crippen molar-refractivity contribution in [3.63, 3.8) is 0 Å². The summed E-state index contributed by atoms with van der Waals surface area (Å²) in [7, 11) is 0. The molecule has 0 bridgehead atoms. The molecule has 0 saturated carbocycles. The van der Waals surface area contributed by atoms with Crippen molar-refractivity contribution in [3.05, 3.63) is 35.4 Å². The van der Waals surface area contributed by atoms with E-state index in [1.807, 2.05) is 6.92 Å². The van der Waals surface area contributed by atoms with Gasteiger partial charge in [-0.05, 0) is 24.0 Å². The molecular formula is C14H19N. The van der Waals surface area contributed by atoms with Crippen molar-refractivity contribution in [2.45, 2.75) is 39.3 Å². The van der Waals surface area contributed by atoms with E-state index in [0.29, 0.717) is 5.92 Å². The summed E-state index contributed by atoms with van der Waals surface area (Å²) < 4.78 is 0. The SMILES string of the molecule is C#CC(C)NCc1ccc(C(C)C)cc1. The molecule has 1 N–H and O–H groups in total. The average Bonchev–Trinajstić information content (AvgIpc) is 2.26. The van der Waals surface area contributed by atoms with Crippen LogP contribution in [-0.4, -0.2) is 6.04 Å². The lowest BCUT2D eigenvalue weighted by Crippen LogP contribution is -2.23. The summed E-state index contributed by atoms with van der Waals surface area (Å²) in [6, 6.07) is 8.82. The minimum Gasteiger partial charge on any atom is -0.300 e. The van der Waals surface area contributed by atoms with Crippen molar-refractivity contribution in [3.8, 4) is 12.3 Å². The van der Waals surface area contributed by atoms with Crippen LogP contribution in [0.1, 0.15) is 37.8 Å². The maximum Gasteiger partial charge on any atom is 0.0660 e. The molecule has 0 aliphatic rings. The first-order valence-corrected chi connectivity index (χ1v) is 5.42. The lowest BCUT2D eigenvalue weighted by Gasteiger charge is -2.09. The van der Waals surface area contributed by atoms with Gasteiger partial charge in [0.15, 0.2) is 0 Å². The van der Waals surface area contributed by atoms with E-state index in [4.69, 9.17) is 6.42 Å². The van der Waals surface area contributed by atoms with Crippen LogP contribution < -0.4 is 5.32 Å². The molecule has 15 heavy (non-hydrogen) atoms. The largest absolute Gasteiger partial charge is 0.300 e. The lowest BCUT2D eigenvalue weighted by atomic mass is 10.0. The molecule has 1 heteroatoms. The molecule has 0 aliphatic heterocycles. The van der Waals surface area contributed by atoms with Crippen molar-refractivity contribution >= 4 is 0 Å². The first-order valence-electron chi connectivity index (χ1n) is 5.42. The molecule has 0 saturated heterocycles. The van der Waals surface area contributed by atoms with Crippen molar-refractivity contribution in [1.29, 1.82) is 0 Å². The van der Waals surface area contributed by atoms with Gasteiger partial charge in [0, 0.05) is 6.54 Å². The third kappa shape index (κ3) is 3.77. The number of terminal acetylenes is 1. The summed E-state index contributed by atoms with van der Waals surface area (Å²) in [5, 5.41) is 3.26. The monoisotopic (exact) mass is 201 g/mol. The number of nitrogens with one attached hydrogen (secondary N) is 1. The van der Waals surface area contributed by atoms with Crippen LogP contribution in [-0.2, 0) is 6.54 Å². The third-order valence-corrected chi connectivity index (χ3v) is 2.51. The van der Waals surface area contributed by atoms with Crippen LogP contribution in [0.25, 0.3) is 0 Å². The van der Waals surface area contributed by atoms with Gasteiger partial charge in [0.1, 0.15) is 0 Å². The Morgan fingerprint density at radius 2 is 1.80 bits per heavy atom. The Kier molecular flexibility index (Phi) is 4.39. The molecule has 0 spiro atoms. The van der Waals surface area contributed by atoms with E-state index >= 15 is 0 Å². The molecule has 0 radical (unpaired) electrons. The molecule has 0 amide bonds. The van der Waals surface area contributed by atoms with Crippen molar-refractivity contribution in [1.82, 2.24) is 5.32 Å². The fourth-order valence-electron chi connectivity index (χ4n) is 1.35. The van der Waals surface area contributed by atoms with Gasteiger partial charge >= 0.3 is 0 Å². The Bertz CT molecular complexity index is 329. The normalized spacial score (nSPS) is 12.5. The Morgan fingerprint density at radius 1 is 1.20 bits per heavy atom. The van der Waals surface area contributed by atoms with Crippen LogP contribution in [0.15, 0.2) is 24.3 Å². The molecule has 0 aromatic heterocycles. The smallest absolute Gasteiger partial charge is 0.0660 e. The predicted octanol–water partition coefficient (Wildman–Crippen LogP) is 2.92. The summed E-state index contributed by atoms with van der Waals surface area (Å²) in [6.45, 7) is 7.23. The predicted molar refractivity (Wildman–Crippen MR) is 65.7 cm³/mol. The summed E-state index contributed by atoms with van der Waals surface area (Å²) >= 11 is 0. The Morgan fingerprint density at radius 3 is 2.27 bits per heavy atom. The topological polar surface area (TPSA) is 12.0 Å². The van der Waals surface area contributed by atoms with E-state index in [0.717, 1.165) is 6.54 Å². The Balaban J connectivity index is 2.54. The van der Waals surface area contributed by atoms with E-state index in [2.05, 4.69) is 49.4 Å². The second-order valence-electron chi connectivity index (χ2n) is 4.17. The number of benzene rings is 1. The highest BCUT2D eigenvalue weighted by atomic mass is 14.9. The van der Waals surface area contributed by atoms with Gasteiger partial charge in [0.25, 0.3) is 0 Å². The van der Waals surface area contributed by atoms with Crippen LogP contribution in [0.4, 0.5) is 0 Å². The zero-order valence-electron chi connectivity index (χ0n) is 9.75. The second kappa shape index (κ2) is 5.58. The minimum atomic E-state index is 0.134. The van der Waals surface area contributed by atoms with Gasteiger partial charge in [0.2, 0.25) is 0 Å². The number of hydrogen-bond donors (Lipinski definition) is 1. The highest BCUT2D eigenvalue weighted by Crippen LogP contribution is 2.14. The van der Waals surface area contributed by atoms with E-state index < -0.39 is 0 Å². The van der Waals surface area contributed by atoms with E-state index in [9.17, 15) is 0 Å². The van der Waals surface area contributed by atoms with Crippen LogP contribution in [0, 0.1) is 12.3 Å². The van der Waals surface area contributed by atoms with Gasteiger partial charge in [0.05, 0.1) is 6.04 Å². The maximum absolute atomic E-state index is 5.29. The van der Waals surface area contributed by atoms with Crippen LogP contribution >= 0.6 is 0 Å². The van der Waals surface area contributed by atoms with Crippen molar-refractivity contribution < 1.29 is 0 Å². The van der Waals surface area contributed by atoms with Gasteiger partial charge in [-0.15, -0.1) is 6.42 Å². The molecule has 0 aliphatic carbocycles. The minimum absolute atomic E-state index is 0.134. The van der Waals surface area contributed by atoms with Crippen molar-refractivity contribution in [2.75, 3.05) is 0 Å². The van der Waals surface area contributed by atoms with Gasteiger partial charge in [-0.3, -0.25) is 5.32 Å². The molecule has 1 aromatic rings. The summed E-state index contributed by atoms with van der Waals surface area (Å²) in [4.78, 5) is 0. The van der Waals surface area contributed by atoms with Crippen molar-refractivity contribution in [2.24, 2.45) is 0 Å². The molecule has 1 nitrogen and oxygen atoms in total. The van der Waals surface area contributed by atoms with Gasteiger partial charge in [-0.1, -0.05) is 44.0 Å². The molecule has 1 aromatic carbocycles. The quantitative estimate of drug-likeness (QED) is 0.739. The lowest BCUT2D eigenvalue weighted by molar-refractivity contribution is 0.648. The van der Waals surface area contributed by atoms with E-state index in [1.54, 1.807) is 0 Å². The molecule has 0 fully saturated rings. The standard InChI is InChI=1S/C14H19N/c1-5-12(4)15-10-13-6-8-14(9-7-13)11(2)3/h1,6-9,11-12,15H,10H2,2-4H3. The first kappa shape index (κ1) is 11.8. The molecule has 80 valence electrons. The highest BCUT2D eigenvalue weighted by Gasteiger charge is 1.99. The fraction of sp³-hybridized carbons (Fsp3) is 0.429. The number of rotatable bonds is 4. The molecular weight excluding hydrogens is 182 g/mol. The zero-order chi connectivity index (χ0) is 11.3. The highest BCUT2D eigenvalue weighted by molar-refractivity contribution is 5.24. The van der Waals surface area contributed by atoms with Gasteiger partial charge in [-0.25, -0.2) is 0 Å². The first-order chi connectivity index (χ1) is 7.13. The summed E-state index contributed by atoms with van der Waals surface area (Å²) in [5.41, 5.74) is 2.66. The average molecular weight is 201 g/mol. The van der Waals surface area contributed by atoms with Crippen LogP contribution in [0.5, 0.6) is 0 Å². The van der Waals surface area contributed by atoms with Gasteiger partial charge in [-0.2, -0.15) is 0 Å². The Hall–Kier alpha value is -1.26. The molecule has 0 heterocycles. The zero-order valence-corrected chi connectivity index (χ0v) is 9.75. The third-order valence-electron chi connectivity index (χ3n) is 2.51. The van der Waals surface area contributed by atoms with Crippen LogP contribution in [0.3, 0.4) is 0 Å². The molecule has 1 rings (SSSR count). The van der Waals surface area contributed by atoms with E-state index in [-0.39, 0.29) is 6.04 Å². The van der Waals surface area contributed by atoms with Gasteiger partial charge < -0.3 is 0 Å². The molecule has 1 atom stereocenters. The summed E-state index contributed by atoms with van der Waals surface area (Å²) in [5.74, 6) is 3.25. The van der Waals surface area contributed by atoms with Crippen LogP contribution in [0.2, 0.25) is 0 Å². The second-order valence-corrected chi connectivity index (χ2v) is 4.17.